The number of para-hydroxylation sites is 1. The van der Waals surface area contributed by atoms with E-state index < -0.39 is 0 Å². The van der Waals surface area contributed by atoms with Crippen molar-refractivity contribution in [3.8, 4) is 45.3 Å². The van der Waals surface area contributed by atoms with Gasteiger partial charge in [-0.15, -0.1) is 0 Å². The maximum atomic E-state index is 6.91. The average molecular weight is 678 g/mol. The Morgan fingerprint density at radius 3 is 2.02 bits per heavy atom. The Bertz CT molecular complexity index is 2630. The van der Waals surface area contributed by atoms with Crippen molar-refractivity contribution in [2.45, 2.75) is 59.3 Å². The Morgan fingerprint density at radius 2 is 1.29 bits per heavy atom. The van der Waals surface area contributed by atoms with Gasteiger partial charge in [-0.3, -0.25) is 0 Å². The highest BCUT2D eigenvalue weighted by atomic mass is 16.3. The number of hydrogen-bond acceptors (Lipinski definition) is 4. The molecule has 0 saturated heterocycles. The number of hydrogen-bond donors (Lipinski definition) is 0. The highest BCUT2D eigenvalue weighted by Gasteiger charge is 2.50. The summed E-state index contributed by atoms with van der Waals surface area (Å²) in [6.45, 7) is 20.4. The second kappa shape index (κ2) is 11.4. The summed E-state index contributed by atoms with van der Waals surface area (Å²) in [6.07, 6.45) is 1.99. The molecule has 0 atom stereocenters. The zero-order valence-electron chi connectivity index (χ0n) is 31.0. The molecule has 0 unspecified atom stereocenters. The molecule has 2 aliphatic rings. The molecule has 4 heteroatoms. The largest absolute Gasteiger partial charge is 0.455 e. The molecule has 7 aromatic rings. The van der Waals surface area contributed by atoms with Crippen LogP contribution >= 0.6 is 0 Å². The van der Waals surface area contributed by atoms with Gasteiger partial charge in [-0.1, -0.05) is 145 Å². The number of fused-ring (bicyclic) bond motifs is 7. The smallest absolute Gasteiger partial charge is 0.168 e. The molecular weight excluding hydrogens is 635 g/mol. The molecule has 2 aromatic heterocycles. The van der Waals surface area contributed by atoms with Crippen molar-refractivity contribution in [3.63, 3.8) is 0 Å². The summed E-state index contributed by atoms with van der Waals surface area (Å²) in [4.78, 5) is 16.0. The molecule has 0 fully saturated rings. The van der Waals surface area contributed by atoms with Crippen LogP contribution in [0.4, 0.5) is 0 Å². The molecule has 2 heterocycles. The van der Waals surface area contributed by atoms with Crippen molar-refractivity contribution in [2.24, 2.45) is 11.8 Å². The van der Waals surface area contributed by atoms with Crippen LogP contribution in [-0.2, 0) is 10.8 Å². The highest BCUT2D eigenvalue weighted by Crippen LogP contribution is 2.61. The van der Waals surface area contributed by atoms with Crippen LogP contribution in [0.2, 0.25) is 0 Å². The average Bonchev–Trinajstić information content (AvgIpc) is 3.74. The molecule has 4 nitrogen and oxygen atoms in total. The van der Waals surface area contributed by atoms with E-state index in [0.29, 0.717) is 17.5 Å². The molecule has 0 amide bonds. The second-order valence-electron chi connectivity index (χ2n) is 15.7. The molecule has 0 saturated carbocycles. The molecule has 0 radical (unpaired) electrons. The van der Waals surface area contributed by atoms with E-state index in [1.165, 1.54) is 44.5 Å². The van der Waals surface area contributed by atoms with Crippen molar-refractivity contribution in [1.82, 2.24) is 15.0 Å². The highest BCUT2D eigenvalue weighted by molar-refractivity contribution is 6.13. The van der Waals surface area contributed by atoms with Crippen LogP contribution in [-0.4, -0.2) is 15.0 Å². The lowest BCUT2D eigenvalue weighted by molar-refractivity contribution is 0.281. The van der Waals surface area contributed by atoms with E-state index in [9.17, 15) is 0 Å². The van der Waals surface area contributed by atoms with E-state index in [0.717, 1.165) is 38.6 Å². The fraction of sp³-hybridized carbons (Fsp3) is 0.229. The van der Waals surface area contributed by atoms with Crippen LogP contribution in [0.15, 0.2) is 126 Å². The van der Waals surface area contributed by atoms with Crippen molar-refractivity contribution in [3.05, 3.63) is 144 Å². The van der Waals surface area contributed by atoms with Gasteiger partial charge in [0, 0.05) is 32.7 Å². The molecule has 0 bridgehead atoms. The Kier molecular flexibility index (Phi) is 7.11. The maximum absolute atomic E-state index is 6.91. The van der Waals surface area contributed by atoms with Crippen LogP contribution in [0.3, 0.4) is 0 Å². The van der Waals surface area contributed by atoms with Gasteiger partial charge in [0.05, 0.1) is 5.56 Å². The van der Waals surface area contributed by atoms with Crippen LogP contribution in [0.5, 0.6) is 0 Å². The minimum absolute atomic E-state index is 0.145. The van der Waals surface area contributed by atoms with Gasteiger partial charge in [0.25, 0.3) is 0 Å². The van der Waals surface area contributed by atoms with Crippen molar-refractivity contribution < 1.29 is 4.42 Å². The monoisotopic (exact) mass is 677 g/mol. The third-order valence-corrected chi connectivity index (χ3v) is 12.2. The number of allylic oxidation sites excluding steroid dienone is 3. The minimum Gasteiger partial charge on any atom is -0.455 e. The summed E-state index contributed by atoms with van der Waals surface area (Å²) < 4.78 is 6.91. The van der Waals surface area contributed by atoms with E-state index in [4.69, 9.17) is 19.4 Å². The third-order valence-electron chi connectivity index (χ3n) is 12.2. The Morgan fingerprint density at radius 1 is 0.635 bits per heavy atom. The van der Waals surface area contributed by atoms with Crippen LogP contribution in [0.1, 0.15) is 70.7 Å². The first-order valence-electron chi connectivity index (χ1n) is 18.5. The summed E-state index contributed by atoms with van der Waals surface area (Å²) >= 11 is 0. The lowest BCUT2D eigenvalue weighted by atomic mass is 9.62. The molecule has 0 aliphatic heterocycles. The van der Waals surface area contributed by atoms with E-state index in [-0.39, 0.29) is 22.7 Å². The SMILES string of the molecule is C=CC1=C(C)C(C)(C)c2cc(-c3nc(-c4ccccc4)nc(-c4c5c(cc6c4oc4ccccc46)-c4ccccc4C5(C(C)C)C(C)C)n3)ccc21. The molecule has 256 valence electrons. The molecule has 9 rings (SSSR count). The zero-order chi connectivity index (χ0) is 36.1. The van der Waals surface area contributed by atoms with Gasteiger partial charge in [-0.05, 0) is 75.9 Å². The predicted molar refractivity (Wildman–Crippen MR) is 215 cm³/mol. The van der Waals surface area contributed by atoms with E-state index in [2.05, 4.69) is 134 Å². The van der Waals surface area contributed by atoms with Gasteiger partial charge < -0.3 is 4.42 Å². The van der Waals surface area contributed by atoms with Crippen LogP contribution in [0.25, 0.3) is 72.8 Å². The first kappa shape index (κ1) is 32.3. The van der Waals surface area contributed by atoms with Gasteiger partial charge in [0.15, 0.2) is 17.5 Å². The first-order chi connectivity index (χ1) is 25.1. The van der Waals surface area contributed by atoms with Crippen molar-refractivity contribution >= 4 is 27.5 Å². The summed E-state index contributed by atoms with van der Waals surface area (Å²) in [5.41, 5.74) is 14.2. The Balaban J connectivity index is 1.41. The standard InChI is InChI=1S/C48H43N3O/c1-9-32-29(6)47(7,8)39-25-31(23-24-34(32)39)45-49-44(30-17-11-10-12-18-30)50-46(51-45)41-42-36(26-37-35-20-14-16-22-40(35)52-43(37)41)33-19-13-15-21-38(33)48(42,27(2)3)28(4)5/h9-28H,1H2,2-8H3. The normalized spacial score (nSPS) is 15.5. The van der Waals surface area contributed by atoms with Gasteiger partial charge >= 0.3 is 0 Å². The van der Waals surface area contributed by atoms with Crippen LogP contribution < -0.4 is 0 Å². The summed E-state index contributed by atoms with van der Waals surface area (Å²) in [5.74, 6) is 2.46. The van der Waals surface area contributed by atoms with E-state index in [1.807, 2.05) is 30.3 Å². The molecular formula is C48H43N3O. The number of aromatic nitrogens is 3. The Labute approximate surface area is 306 Å². The number of rotatable bonds is 6. The number of nitrogens with zero attached hydrogens (tertiary/aromatic N) is 3. The molecule has 52 heavy (non-hydrogen) atoms. The van der Waals surface area contributed by atoms with Crippen molar-refractivity contribution in [2.75, 3.05) is 0 Å². The van der Waals surface area contributed by atoms with E-state index >= 15 is 0 Å². The van der Waals surface area contributed by atoms with Gasteiger partial charge in [0.1, 0.15) is 11.2 Å². The third kappa shape index (κ3) is 4.30. The number of furan rings is 1. The molecule has 0 N–H and O–H groups in total. The molecule has 0 spiro atoms. The van der Waals surface area contributed by atoms with E-state index in [1.54, 1.807) is 0 Å². The Hall–Kier alpha value is -5.61. The zero-order valence-corrected chi connectivity index (χ0v) is 31.0. The first-order valence-corrected chi connectivity index (χ1v) is 18.5. The number of benzene rings is 5. The summed E-state index contributed by atoms with van der Waals surface area (Å²) in [6, 6.07) is 36.6. The van der Waals surface area contributed by atoms with Gasteiger partial charge in [-0.2, -0.15) is 0 Å². The fourth-order valence-corrected chi connectivity index (χ4v) is 9.57. The van der Waals surface area contributed by atoms with Gasteiger partial charge in [0.2, 0.25) is 0 Å². The maximum Gasteiger partial charge on any atom is 0.168 e. The molecule has 5 aromatic carbocycles. The lowest BCUT2D eigenvalue weighted by Gasteiger charge is -2.41. The molecule has 2 aliphatic carbocycles. The quantitative estimate of drug-likeness (QED) is 0.176. The van der Waals surface area contributed by atoms with Crippen LogP contribution in [0, 0.1) is 11.8 Å². The minimum atomic E-state index is -0.310. The van der Waals surface area contributed by atoms with Crippen molar-refractivity contribution in [1.29, 1.82) is 0 Å². The fourth-order valence-electron chi connectivity index (χ4n) is 9.57. The van der Waals surface area contributed by atoms with Gasteiger partial charge in [-0.25, -0.2) is 15.0 Å². The summed E-state index contributed by atoms with van der Waals surface area (Å²) in [5, 5.41) is 2.16. The second-order valence-corrected chi connectivity index (χ2v) is 15.7. The predicted octanol–water partition coefficient (Wildman–Crippen LogP) is 12.6. The summed E-state index contributed by atoms with van der Waals surface area (Å²) in [7, 11) is 0. The lowest BCUT2D eigenvalue weighted by Crippen LogP contribution is -2.37. The topological polar surface area (TPSA) is 51.8 Å².